The average Bonchev–Trinajstić information content (AvgIpc) is 3.11. The van der Waals surface area contributed by atoms with E-state index in [1.165, 1.54) is 0 Å². The maximum atomic E-state index is 11.7. The SMILES string of the molecule is CCCc1cc(C(=O)CO)ccc1OCCCSc1nc2ccccc2[nH]1. The molecule has 2 aromatic carbocycles. The van der Waals surface area contributed by atoms with Crippen LogP contribution in [0.5, 0.6) is 5.75 Å². The van der Waals surface area contributed by atoms with Gasteiger partial charge in [0.15, 0.2) is 10.9 Å². The summed E-state index contributed by atoms with van der Waals surface area (Å²) in [6.07, 6.45) is 2.70. The van der Waals surface area contributed by atoms with Gasteiger partial charge in [-0.2, -0.15) is 0 Å². The zero-order valence-corrected chi connectivity index (χ0v) is 16.2. The Bertz CT molecular complexity index is 874. The fraction of sp³-hybridized carbons (Fsp3) is 0.333. The van der Waals surface area contributed by atoms with Crippen LogP contribution in [-0.2, 0) is 6.42 Å². The van der Waals surface area contributed by atoms with Crippen molar-refractivity contribution in [2.24, 2.45) is 0 Å². The highest BCUT2D eigenvalue weighted by Crippen LogP contribution is 2.23. The molecule has 0 radical (unpaired) electrons. The third-order valence-corrected chi connectivity index (χ3v) is 5.16. The molecule has 0 atom stereocenters. The molecular formula is C21H24N2O3S. The molecule has 2 N–H and O–H groups in total. The summed E-state index contributed by atoms with van der Waals surface area (Å²) in [5.74, 6) is 1.46. The minimum absolute atomic E-state index is 0.263. The van der Waals surface area contributed by atoms with Crippen LogP contribution in [0.4, 0.5) is 0 Å². The summed E-state index contributed by atoms with van der Waals surface area (Å²) in [7, 11) is 0. The number of aliphatic hydroxyl groups excluding tert-OH is 1. The second-order valence-corrected chi connectivity index (χ2v) is 7.35. The van der Waals surface area contributed by atoms with E-state index in [-0.39, 0.29) is 5.78 Å². The van der Waals surface area contributed by atoms with Crippen molar-refractivity contribution in [3.05, 3.63) is 53.6 Å². The number of thioether (sulfide) groups is 1. The highest BCUT2D eigenvalue weighted by atomic mass is 32.2. The molecule has 1 heterocycles. The summed E-state index contributed by atoms with van der Waals surface area (Å²) in [4.78, 5) is 19.5. The second-order valence-electron chi connectivity index (χ2n) is 6.26. The fourth-order valence-electron chi connectivity index (χ4n) is 2.86. The molecule has 6 heteroatoms. The van der Waals surface area contributed by atoms with Crippen LogP contribution in [0.2, 0.25) is 0 Å². The Morgan fingerprint density at radius 3 is 2.89 bits per heavy atom. The van der Waals surface area contributed by atoms with Crippen molar-refractivity contribution in [1.82, 2.24) is 9.97 Å². The fourth-order valence-corrected chi connectivity index (χ4v) is 3.66. The molecule has 0 saturated heterocycles. The highest BCUT2D eigenvalue weighted by Gasteiger charge is 2.10. The number of rotatable bonds is 10. The summed E-state index contributed by atoms with van der Waals surface area (Å²) in [6.45, 7) is 2.23. The zero-order valence-electron chi connectivity index (χ0n) is 15.4. The average molecular weight is 385 g/mol. The number of Topliss-reactive ketones (excluding diaryl/α,β-unsaturated/α-hetero) is 1. The van der Waals surface area contributed by atoms with E-state index in [1.807, 2.05) is 36.4 Å². The van der Waals surface area contributed by atoms with E-state index in [4.69, 9.17) is 9.84 Å². The Labute approximate surface area is 163 Å². The Morgan fingerprint density at radius 2 is 2.11 bits per heavy atom. The molecule has 0 unspecified atom stereocenters. The van der Waals surface area contributed by atoms with Gasteiger partial charge in [-0.15, -0.1) is 0 Å². The van der Waals surface area contributed by atoms with Crippen LogP contribution in [-0.4, -0.2) is 39.8 Å². The lowest BCUT2D eigenvalue weighted by Crippen LogP contribution is -2.07. The maximum absolute atomic E-state index is 11.7. The smallest absolute Gasteiger partial charge is 0.188 e. The van der Waals surface area contributed by atoms with Crippen molar-refractivity contribution in [2.75, 3.05) is 19.0 Å². The number of hydrogen-bond acceptors (Lipinski definition) is 5. The third-order valence-electron chi connectivity index (χ3n) is 4.20. The minimum atomic E-state index is -0.467. The molecule has 0 aliphatic rings. The van der Waals surface area contributed by atoms with Crippen LogP contribution in [0.1, 0.15) is 35.7 Å². The van der Waals surface area contributed by atoms with E-state index in [2.05, 4.69) is 16.9 Å². The molecule has 0 amide bonds. The topological polar surface area (TPSA) is 75.2 Å². The Morgan fingerprint density at radius 1 is 1.26 bits per heavy atom. The van der Waals surface area contributed by atoms with E-state index in [0.29, 0.717) is 12.2 Å². The number of carbonyl (C=O) groups excluding carboxylic acids is 1. The number of nitrogens with one attached hydrogen (secondary N) is 1. The minimum Gasteiger partial charge on any atom is -0.493 e. The van der Waals surface area contributed by atoms with Gasteiger partial charge in [-0.3, -0.25) is 4.79 Å². The summed E-state index contributed by atoms with van der Waals surface area (Å²) in [6, 6.07) is 13.4. The van der Waals surface area contributed by atoms with E-state index < -0.39 is 6.61 Å². The second kappa shape index (κ2) is 9.58. The van der Waals surface area contributed by atoms with Crippen LogP contribution >= 0.6 is 11.8 Å². The molecule has 0 bridgehead atoms. The van der Waals surface area contributed by atoms with Gasteiger partial charge in [0.25, 0.3) is 0 Å². The number of benzene rings is 2. The lowest BCUT2D eigenvalue weighted by molar-refractivity contribution is 0.0903. The lowest BCUT2D eigenvalue weighted by Gasteiger charge is -2.12. The maximum Gasteiger partial charge on any atom is 0.188 e. The molecule has 3 rings (SSSR count). The van der Waals surface area contributed by atoms with Crippen LogP contribution in [0.3, 0.4) is 0 Å². The van der Waals surface area contributed by atoms with Gasteiger partial charge in [-0.25, -0.2) is 4.98 Å². The van der Waals surface area contributed by atoms with Crippen molar-refractivity contribution in [2.45, 2.75) is 31.3 Å². The Hall–Kier alpha value is -2.31. The standard InChI is InChI=1S/C21H24N2O3S/c1-2-6-16-13-15(19(25)14-24)9-10-20(16)26-11-5-12-27-21-22-17-7-3-4-8-18(17)23-21/h3-4,7-10,13,24H,2,5-6,11-12,14H2,1H3,(H,22,23). The Balaban J connectivity index is 1.51. The molecule has 27 heavy (non-hydrogen) atoms. The molecule has 5 nitrogen and oxygen atoms in total. The molecule has 0 saturated carbocycles. The zero-order chi connectivity index (χ0) is 19.1. The van der Waals surface area contributed by atoms with Gasteiger partial charge in [0.2, 0.25) is 0 Å². The molecule has 0 aliphatic heterocycles. The van der Waals surface area contributed by atoms with Gasteiger partial charge in [0.1, 0.15) is 12.4 Å². The number of ketones is 1. The van der Waals surface area contributed by atoms with Gasteiger partial charge in [0, 0.05) is 11.3 Å². The van der Waals surface area contributed by atoms with Crippen molar-refractivity contribution in [1.29, 1.82) is 0 Å². The van der Waals surface area contributed by atoms with E-state index >= 15 is 0 Å². The Kier molecular flexibility index (Phi) is 6.90. The molecule has 0 aliphatic carbocycles. The molecule has 1 aromatic heterocycles. The van der Waals surface area contributed by atoms with Gasteiger partial charge in [0.05, 0.1) is 17.6 Å². The monoisotopic (exact) mass is 384 g/mol. The molecular weight excluding hydrogens is 360 g/mol. The normalized spacial score (nSPS) is 11.0. The first kappa shape index (κ1) is 19.5. The molecule has 0 spiro atoms. The third kappa shape index (κ3) is 5.11. The first-order valence-electron chi connectivity index (χ1n) is 9.18. The number of fused-ring (bicyclic) bond motifs is 1. The number of hydrogen-bond donors (Lipinski definition) is 2. The van der Waals surface area contributed by atoms with Gasteiger partial charge in [-0.05, 0) is 48.7 Å². The van der Waals surface area contributed by atoms with Gasteiger partial charge >= 0.3 is 0 Å². The van der Waals surface area contributed by atoms with Gasteiger partial charge in [-0.1, -0.05) is 37.2 Å². The number of aryl methyl sites for hydroxylation is 1. The number of nitrogens with zero attached hydrogens (tertiary/aromatic N) is 1. The van der Waals surface area contributed by atoms with E-state index in [0.717, 1.165) is 52.5 Å². The predicted octanol–water partition coefficient (Wildman–Crippen LogP) is 4.25. The van der Waals surface area contributed by atoms with Crippen LogP contribution in [0.25, 0.3) is 11.0 Å². The number of para-hydroxylation sites is 2. The quantitative estimate of drug-likeness (QED) is 0.310. The lowest BCUT2D eigenvalue weighted by atomic mass is 10.0. The van der Waals surface area contributed by atoms with E-state index in [1.54, 1.807) is 17.8 Å². The number of carbonyl (C=O) groups is 1. The number of ether oxygens (including phenoxy) is 1. The molecule has 142 valence electrons. The number of imidazole rings is 1. The van der Waals surface area contributed by atoms with Crippen molar-refractivity contribution >= 4 is 28.6 Å². The van der Waals surface area contributed by atoms with E-state index in [9.17, 15) is 4.79 Å². The number of aromatic nitrogens is 2. The number of H-pyrrole nitrogens is 1. The van der Waals surface area contributed by atoms with Crippen molar-refractivity contribution in [3.8, 4) is 5.75 Å². The van der Waals surface area contributed by atoms with Crippen LogP contribution in [0, 0.1) is 0 Å². The van der Waals surface area contributed by atoms with Crippen molar-refractivity contribution < 1.29 is 14.6 Å². The molecule has 0 fully saturated rings. The first-order valence-corrected chi connectivity index (χ1v) is 10.2. The number of aliphatic hydroxyl groups is 1. The first-order chi connectivity index (χ1) is 13.2. The summed E-state index contributed by atoms with van der Waals surface area (Å²) < 4.78 is 5.94. The van der Waals surface area contributed by atoms with Gasteiger partial charge < -0.3 is 14.8 Å². The summed E-state index contributed by atoms with van der Waals surface area (Å²) in [5.41, 5.74) is 3.59. The predicted molar refractivity (Wildman–Crippen MR) is 109 cm³/mol. The largest absolute Gasteiger partial charge is 0.493 e. The molecule has 3 aromatic rings. The summed E-state index contributed by atoms with van der Waals surface area (Å²) in [5, 5.41) is 9.95. The van der Waals surface area contributed by atoms with Crippen LogP contribution in [0.15, 0.2) is 47.6 Å². The number of aromatic amines is 1. The van der Waals surface area contributed by atoms with Crippen molar-refractivity contribution in [3.63, 3.8) is 0 Å². The van der Waals surface area contributed by atoms with Crippen LogP contribution < -0.4 is 4.74 Å². The summed E-state index contributed by atoms with van der Waals surface area (Å²) >= 11 is 1.69. The highest BCUT2D eigenvalue weighted by molar-refractivity contribution is 7.99.